The predicted molar refractivity (Wildman–Crippen MR) is 72.1 cm³/mol. The van der Waals surface area contributed by atoms with E-state index >= 15 is 0 Å². The van der Waals surface area contributed by atoms with Crippen molar-refractivity contribution in [3.63, 3.8) is 0 Å². The summed E-state index contributed by atoms with van der Waals surface area (Å²) < 4.78 is 0. The first-order valence-corrected chi connectivity index (χ1v) is 6.31. The molecule has 0 aliphatic rings. The van der Waals surface area contributed by atoms with E-state index in [2.05, 4.69) is 29.1 Å². The Morgan fingerprint density at radius 2 is 2.06 bits per heavy atom. The predicted octanol–water partition coefficient (Wildman–Crippen LogP) is 3.62. The van der Waals surface area contributed by atoms with Crippen LogP contribution in [0, 0.1) is 0 Å². The van der Waals surface area contributed by atoms with Crippen molar-refractivity contribution < 1.29 is 0 Å². The number of nitrogens with zero attached hydrogens (tertiary/aromatic N) is 2. The van der Waals surface area contributed by atoms with Crippen molar-refractivity contribution in [2.24, 2.45) is 0 Å². The van der Waals surface area contributed by atoms with E-state index in [-0.39, 0.29) is 0 Å². The molecule has 0 spiro atoms. The van der Waals surface area contributed by atoms with Gasteiger partial charge in [0, 0.05) is 17.6 Å². The fraction of sp³-hybridized carbons (Fsp3) is 0.429. The van der Waals surface area contributed by atoms with Gasteiger partial charge in [0.15, 0.2) is 0 Å². The minimum atomic E-state index is 0.473. The van der Waals surface area contributed by atoms with Gasteiger partial charge in [0.05, 0.1) is 5.52 Å². The zero-order valence-corrected chi connectivity index (χ0v) is 10.5. The van der Waals surface area contributed by atoms with Crippen molar-refractivity contribution in [2.75, 3.05) is 5.32 Å². The van der Waals surface area contributed by atoms with E-state index in [4.69, 9.17) is 0 Å². The Morgan fingerprint density at radius 3 is 2.82 bits per heavy atom. The third-order valence-electron chi connectivity index (χ3n) is 2.95. The van der Waals surface area contributed by atoms with Crippen molar-refractivity contribution in [1.82, 2.24) is 9.97 Å². The van der Waals surface area contributed by atoms with Crippen LogP contribution >= 0.6 is 0 Å². The number of rotatable bonds is 5. The summed E-state index contributed by atoms with van der Waals surface area (Å²) in [7, 11) is 0. The fourth-order valence-electron chi connectivity index (χ4n) is 1.95. The summed E-state index contributed by atoms with van der Waals surface area (Å²) >= 11 is 0. The van der Waals surface area contributed by atoms with Gasteiger partial charge in [-0.1, -0.05) is 38.5 Å². The molecule has 0 aliphatic heterocycles. The Labute approximate surface area is 102 Å². The molecular weight excluding hydrogens is 210 g/mol. The fourth-order valence-corrected chi connectivity index (χ4v) is 1.95. The molecule has 90 valence electrons. The maximum atomic E-state index is 4.52. The topological polar surface area (TPSA) is 37.8 Å². The number of fused-ring (bicyclic) bond motifs is 1. The second-order valence-electron chi connectivity index (χ2n) is 4.29. The van der Waals surface area contributed by atoms with E-state index in [0.717, 1.165) is 29.7 Å². The average molecular weight is 229 g/mol. The molecule has 1 atom stereocenters. The molecule has 1 N–H and O–H groups in total. The number of aromatic nitrogens is 2. The number of para-hydroxylation sites is 1. The van der Waals surface area contributed by atoms with E-state index in [1.807, 2.05) is 30.5 Å². The monoisotopic (exact) mass is 229 g/mol. The number of hydrogen-bond donors (Lipinski definition) is 1. The smallest absolute Gasteiger partial charge is 0.223 e. The molecule has 0 radical (unpaired) electrons. The molecule has 0 bridgehead atoms. The molecule has 3 nitrogen and oxygen atoms in total. The molecule has 17 heavy (non-hydrogen) atoms. The number of anilines is 1. The third-order valence-corrected chi connectivity index (χ3v) is 2.95. The highest BCUT2D eigenvalue weighted by Crippen LogP contribution is 2.14. The normalized spacial score (nSPS) is 12.6. The maximum absolute atomic E-state index is 4.52. The molecule has 0 amide bonds. The van der Waals surface area contributed by atoms with Gasteiger partial charge < -0.3 is 5.32 Å². The lowest BCUT2D eigenvalue weighted by atomic mass is 10.1. The maximum Gasteiger partial charge on any atom is 0.223 e. The quantitative estimate of drug-likeness (QED) is 0.851. The first-order chi connectivity index (χ1) is 8.33. The zero-order chi connectivity index (χ0) is 12.1. The molecule has 0 fully saturated rings. The molecular formula is C14H19N3. The highest BCUT2D eigenvalue weighted by Gasteiger charge is 2.06. The van der Waals surface area contributed by atoms with Gasteiger partial charge >= 0.3 is 0 Å². The van der Waals surface area contributed by atoms with Gasteiger partial charge in [-0.3, -0.25) is 0 Å². The van der Waals surface area contributed by atoms with Crippen molar-refractivity contribution in [3.05, 3.63) is 30.5 Å². The molecule has 1 heterocycles. The summed E-state index contributed by atoms with van der Waals surface area (Å²) in [6.45, 7) is 4.39. The minimum Gasteiger partial charge on any atom is -0.351 e. The van der Waals surface area contributed by atoms with Crippen molar-refractivity contribution in [2.45, 2.75) is 39.2 Å². The Balaban J connectivity index is 2.18. The second-order valence-corrected chi connectivity index (χ2v) is 4.29. The summed E-state index contributed by atoms with van der Waals surface area (Å²) in [5.74, 6) is 0.740. The summed E-state index contributed by atoms with van der Waals surface area (Å²) in [5, 5.41) is 4.48. The molecule has 2 rings (SSSR count). The van der Waals surface area contributed by atoms with Crippen LogP contribution in [0.5, 0.6) is 0 Å². The summed E-state index contributed by atoms with van der Waals surface area (Å²) in [6, 6.07) is 8.53. The van der Waals surface area contributed by atoms with Gasteiger partial charge in [-0.05, 0) is 18.9 Å². The van der Waals surface area contributed by atoms with Crippen LogP contribution in [0.2, 0.25) is 0 Å². The zero-order valence-electron chi connectivity index (χ0n) is 10.5. The molecule has 2 aromatic rings. The van der Waals surface area contributed by atoms with Crippen molar-refractivity contribution in [1.29, 1.82) is 0 Å². The molecule has 1 aromatic heterocycles. The molecule has 3 heteroatoms. The van der Waals surface area contributed by atoms with Gasteiger partial charge in [0.25, 0.3) is 0 Å². The Bertz CT molecular complexity index is 482. The first kappa shape index (κ1) is 11.8. The number of nitrogens with one attached hydrogen (secondary N) is 1. The lowest BCUT2D eigenvalue weighted by molar-refractivity contribution is 0.618. The van der Waals surface area contributed by atoms with E-state index in [1.54, 1.807) is 0 Å². The van der Waals surface area contributed by atoms with Crippen LogP contribution in [0.15, 0.2) is 30.5 Å². The van der Waals surface area contributed by atoms with Gasteiger partial charge in [-0.15, -0.1) is 0 Å². The standard InChI is InChI=1S/C14H19N3/c1-3-7-12(4-2)16-14-15-10-11-8-5-6-9-13(11)17-14/h5-6,8-10,12H,3-4,7H2,1-2H3,(H,15,16,17). The molecule has 0 saturated heterocycles. The SMILES string of the molecule is CCCC(CC)Nc1ncc2ccccc2n1. The molecule has 1 aromatic carbocycles. The van der Waals surface area contributed by atoms with E-state index < -0.39 is 0 Å². The van der Waals surface area contributed by atoms with Crippen LogP contribution in [0.3, 0.4) is 0 Å². The Morgan fingerprint density at radius 1 is 1.24 bits per heavy atom. The van der Waals surface area contributed by atoms with Gasteiger partial charge in [-0.25, -0.2) is 9.97 Å². The molecule has 0 saturated carbocycles. The summed E-state index contributed by atoms with van der Waals surface area (Å²) in [5.41, 5.74) is 0.997. The summed E-state index contributed by atoms with van der Waals surface area (Å²) in [4.78, 5) is 8.88. The number of hydrogen-bond acceptors (Lipinski definition) is 3. The van der Waals surface area contributed by atoms with Crippen LogP contribution < -0.4 is 5.32 Å². The van der Waals surface area contributed by atoms with E-state index in [0.29, 0.717) is 6.04 Å². The van der Waals surface area contributed by atoms with E-state index in [1.165, 1.54) is 6.42 Å². The second kappa shape index (κ2) is 5.62. The Kier molecular flexibility index (Phi) is 3.91. The largest absolute Gasteiger partial charge is 0.351 e. The van der Waals surface area contributed by atoms with Crippen LogP contribution in [0.1, 0.15) is 33.1 Å². The van der Waals surface area contributed by atoms with Crippen LogP contribution in [0.4, 0.5) is 5.95 Å². The Hall–Kier alpha value is -1.64. The van der Waals surface area contributed by atoms with Gasteiger partial charge in [0.2, 0.25) is 5.95 Å². The van der Waals surface area contributed by atoms with Gasteiger partial charge in [-0.2, -0.15) is 0 Å². The van der Waals surface area contributed by atoms with Crippen LogP contribution in [0.25, 0.3) is 10.9 Å². The molecule has 1 unspecified atom stereocenters. The van der Waals surface area contributed by atoms with Crippen molar-refractivity contribution >= 4 is 16.9 Å². The van der Waals surface area contributed by atoms with Crippen LogP contribution in [-0.2, 0) is 0 Å². The lowest BCUT2D eigenvalue weighted by Gasteiger charge is -2.15. The first-order valence-electron chi connectivity index (χ1n) is 6.31. The third kappa shape index (κ3) is 2.93. The summed E-state index contributed by atoms with van der Waals surface area (Å²) in [6.07, 6.45) is 5.32. The number of benzene rings is 1. The van der Waals surface area contributed by atoms with Gasteiger partial charge in [0.1, 0.15) is 0 Å². The highest BCUT2D eigenvalue weighted by molar-refractivity contribution is 5.78. The molecule has 0 aliphatic carbocycles. The van der Waals surface area contributed by atoms with Crippen LogP contribution in [-0.4, -0.2) is 16.0 Å². The highest BCUT2D eigenvalue weighted by atomic mass is 15.1. The lowest BCUT2D eigenvalue weighted by Crippen LogP contribution is -2.19. The minimum absolute atomic E-state index is 0.473. The van der Waals surface area contributed by atoms with Crippen molar-refractivity contribution in [3.8, 4) is 0 Å². The van der Waals surface area contributed by atoms with E-state index in [9.17, 15) is 0 Å². The average Bonchev–Trinajstić information content (AvgIpc) is 2.38.